The van der Waals surface area contributed by atoms with E-state index in [2.05, 4.69) is 15.5 Å². The van der Waals surface area contributed by atoms with Crippen LogP contribution < -0.4 is 5.32 Å². The molecule has 9 heteroatoms. The van der Waals surface area contributed by atoms with Gasteiger partial charge in [-0.25, -0.2) is 4.39 Å². The van der Waals surface area contributed by atoms with Gasteiger partial charge in [0.1, 0.15) is 10.8 Å². The van der Waals surface area contributed by atoms with Gasteiger partial charge in [-0.2, -0.15) is 0 Å². The number of benzene rings is 2. The van der Waals surface area contributed by atoms with Gasteiger partial charge >= 0.3 is 0 Å². The smallest absolute Gasteiger partial charge is 0.286 e. The predicted octanol–water partition coefficient (Wildman–Crippen LogP) is 4.56. The molecule has 2 aromatic carbocycles. The highest BCUT2D eigenvalue weighted by Gasteiger charge is 2.33. The summed E-state index contributed by atoms with van der Waals surface area (Å²) in [6, 6.07) is 12.0. The van der Waals surface area contributed by atoms with Crippen molar-refractivity contribution in [2.75, 3.05) is 11.9 Å². The molecule has 1 fully saturated rings. The van der Waals surface area contributed by atoms with Gasteiger partial charge in [-0.15, -0.1) is 10.2 Å². The first kappa shape index (κ1) is 19.5. The second kappa shape index (κ2) is 8.26. The van der Waals surface area contributed by atoms with Gasteiger partial charge in [0.05, 0.1) is 6.04 Å². The lowest BCUT2D eigenvalue weighted by molar-refractivity contribution is 0.0735. The highest BCUT2D eigenvalue weighted by Crippen LogP contribution is 2.35. The molecule has 0 spiro atoms. The Labute approximate surface area is 175 Å². The molecular formula is C20H16ClFN4O2S. The highest BCUT2D eigenvalue weighted by molar-refractivity contribution is 7.13. The zero-order chi connectivity index (χ0) is 20.4. The van der Waals surface area contributed by atoms with E-state index in [4.69, 9.17) is 11.6 Å². The van der Waals surface area contributed by atoms with Crippen molar-refractivity contribution in [3.05, 3.63) is 74.9 Å². The molecule has 0 unspecified atom stereocenters. The van der Waals surface area contributed by atoms with Crippen molar-refractivity contribution >= 4 is 40.4 Å². The molecule has 1 aromatic heterocycles. The molecule has 0 saturated carbocycles. The van der Waals surface area contributed by atoms with Gasteiger partial charge in [0.15, 0.2) is 0 Å². The van der Waals surface area contributed by atoms with Crippen LogP contribution in [0.25, 0.3) is 0 Å². The Morgan fingerprint density at radius 1 is 1.10 bits per heavy atom. The minimum atomic E-state index is -0.422. The summed E-state index contributed by atoms with van der Waals surface area (Å²) in [6.07, 6.45) is 1.61. The topological polar surface area (TPSA) is 75.2 Å². The van der Waals surface area contributed by atoms with E-state index in [1.165, 1.54) is 24.3 Å². The van der Waals surface area contributed by atoms with Crippen LogP contribution in [0.5, 0.6) is 0 Å². The number of nitrogens with one attached hydrogen (secondary N) is 1. The molecule has 0 radical (unpaired) electrons. The lowest BCUT2D eigenvalue weighted by Gasteiger charge is -2.22. The van der Waals surface area contributed by atoms with Gasteiger partial charge in [0.2, 0.25) is 5.01 Å². The molecule has 2 heterocycles. The molecule has 1 N–H and O–H groups in total. The van der Waals surface area contributed by atoms with Crippen molar-refractivity contribution in [3.8, 4) is 0 Å². The third-order valence-corrected chi connectivity index (χ3v) is 5.90. The molecule has 1 aliphatic rings. The van der Waals surface area contributed by atoms with Gasteiger partial charge in [0.25, 0.3) is 11.8 Å². The lowest BCUT2D eigenvalue weighted by Crippen LogP contribution is -2.30. The standard InChI is InChI=1S/C20H16ClFN4O2S/c21-13-5-3-12(4-6-13)20(28)26-11-1-2-16(26)18-24-25-19(29-18)17(27)23-15-9-7-14(22)8-10-15/h3-10,16H,1-2,11H2,(H,23,27)/t16-/m0/s1. The third kappa shape index (κ3) is 4.28. The Morgan fingerprint density at radius 3 is 2.55 bits per heavy atom. The highest BCUT2D eigenvalue weighted by atomic mass is 35.5. The van der Waals surface area contributed by atoms with Crippen molar-refractivity contribution in [2.45, 2.75) is 18.9 Å². The van der Waals surface area contributed by atoms with Gasteiger partial charge in [-0.1, -0.05) is 22.9 Å². The number of carbonyl (C=O) groups excluding carboxylic acids is 2. The first-order valence-electron chi connectivity index (χ1n) is 8.98. The first-order valence-corrected chi connectivity index (χ1v) is 10.2. The molecule has 3 aromatic rings. The number of likely N-dealkylation sites (tertiary alicyclic amines) is 1. The van der Waals surface area contributed by atoms with Crippen LogP contribution in [0.15, 0.2) is 48.5 Å². The van der Waals surface area contributed by atoms with Crippen molar-refractivity contribution < 1.29 is 14.0 Å². The maximum Gasteiger partial charge on any atom is 0.286 e. The Hall–Kier alpha value is -2.84. The molecule has 0 aliphatic carbocycles. The number of rotatable bonds is 4. The van der Waals surface area contributed by atoms with Crippen LogP contribution >= 0.6 is 22.9 Å². The number of hydrogen-bond acceptors (Lipinski definition) is 5. The Bertz CT molecular complexity index is 1040. The van der Waals surface area contributed by atoms with Crippen LogP contribution in [0.3, 0.4) is 0 Å². The first-order chi connectivity index (χ1) is 14.0. The Kier molecular flexibility index (Phi) is 5.55. The average Bonchev–Trinajstić information content (AvgIpc) is 3.39. The van der Waals surface area contributed by atoms with Gasteiger partial charge in [-0.3, -0.25) is 9.59 Å². The number of anilines is 1. The van der Waals surface area contributed by atoms with E-state index in [1.807, 2.05) is 0 Å². The summed E-state index contributed by atoms with van der Waals surface area (Å²) in [5, 5.41) is 12.2. The number of halogens is 2. The van der Waals surface area contributed by atoms with E-state index in [0.717, 1.165) is 24.2 Å². The molecule has 148 valence electrons. The average molecular weight is 431 g/mol. The van der Waals surface area contributed by atoms with Crippen LogP contribution in [-0.4, -0.2) is 33.5 Å². The molecular weight excluding hydrogens is 415 g/mol. The quantitative estimate of drug-likeness (QED) is 0.658. The van der Waals surface area contributed by atoms with E-state index in [1.54, 1.807) is 29.2 Å². The number of aromatic nitrogens is 2. The second-order valence-electron chi connectivity index (χ2n) is 6.57. The fourth-order valence-electron chi connectivity index (χ4n) is 3.20. The van der Waals surface area contributed by atoms with Crippen molar-refractivity contribution in [2.24, 2.45) is 0 Å². The van der Waals surface area contributed by atoms with E-state index in [9.17, 15) is 14.0 Å². The SMILES string of the molecule is O=C(Nc1ccc(F)cc1)c1nnc([C@@H]2CCCN2C(=O)c2ccc(Cl)cc2)s1. The molecule has 1 aliphatic heterocycles. The summed E-state index contributed by atoms with van der Waals surface area (Å²) in [5.74, 6) is -0.904. The van der Waals surface area contributed by atoms with Crippen LogP contribution in [0.2, 0.25) is 5.02 Å². The molecule has 6 nitrogen and oxygen atoms in total. The number of nitrogens with zero attached hydrogens (tertiary/aromatic N) is 3. The Morgan fingerprint density at radius 2 is 1.83 bits per heavy atom. The number of carbonyl (C=O) groups is 2. The summed E-state index contributed by atoms with van der Waals surface area (Å²) in [6.45, 7) is 0.614. The van der Waals surface area contributed by atoms with Gasteiger partial charge in [-0.05, 0) is 61.4 Å². The molecule has 1 saturated heterocycles. The lowest BCUT2D eigenvalue weighted by atomic mass is 10.1. The molecule has 2 amide bonds. The van der Waals surface area contributed by atoms with E-state index in [-0.39, 0.29) is 22.8 Å². The van der Waals surface area contributed by atoms with E-state index >= 15 is 0 Å². The second-order valence-corrected chi connectivity index (χ2v) is 8.02. The summed E-state index contributed by atoms with van der Waals surface area (Å²) in [4.78, 5) is 27.0. The number of amides is 2. The molecule has 0 bridgehead atoms. The summed E-state index contributed by atoms with van der Waals surface area (Å²) < 4.78 is 13.0. The van der Waals surface area contributed by atoms with Crippen molar-refractivity contribution in [1.29, 1.82) is 0 Å². The van der Waals surface area contributed by atoms with Crippen LogP contribution in [0.4, 0.5) is 10.1 Å². The van der Waals surface area contributed by atoms with E-state index < -0.39 is 5.91 Å². The third-order valence-electron chi connectivity index (χ3n) is 4.63. The van der Waals surface area contributed by atoms with Gasteiger partial charge in [0, 0.05) is 22.8 Å². The fraction of sp³-hybridized carbons (Fsp3) is 0.200. The predicted molar refractivity (Wildman–Crippen MR) is 109 cm³/mol. The van der Waals surface area contributed by atoms with Crippen molar-refractivity contribution in [3.63, 3.8) is 0 Å². The summed E-state index contributed by atoms with van der Waals surface area (Å²) in [7, 11) is 0. The zero-order valence-corrected chi connectivity index (χ0v) is 16.7. The maximum atomic E-state index is 13.0. The summed E-state index contributed by atoms with van der Waals surface area (Å²) >= 11 is 7.06. The summed E-state index contributed by atoms with van der Waals surface area (Å²) in [5.41, 5.74) is 1.02. The van der Waals surface area contributed by atoms with Crippen LogP contribution in [0.1, 0.15) is 44.1 Å². The van der Waals surface area contributed by atoms with Crippen LogP contribution in [0, 0.1) is 5.82 Å². The monoisotopic (exact) mass is 430 g/mol. The molecule has 4 rings (SSSR count). The Balaban J connectivity index is 1.49. The van der Waals surface area contributed by atoms with Gasteiger partial charge < -0.3 is 10.2 Å². The maximum absolute atomic E-state index is 13.0. The normalized spacial score (nSPS) is 16.1. The largest absolute Gasteiger partial charge is 0.329 e. The molecule has 1 atom stereocenters. The van der Waals surface area contributed by atoms with Crippen LogP contribution in [-0.2, 0) is 0 Å². The minimum absolute atomic E-state index is 0.100. The fourth-order valence-corrected chi connectivity index (χ4v) is 4.22. The van der Waals surface area contributed by atoms with Crippen molar-refractivity contribution in [1.82, 2.24) is 15.1 Å². The zero-order valence-electron chi connectivity index (χ0n) is 15.1. The molecule has 29 heavy (non-hydrogen) atoms. The minimum Gasteiger partial charge on any atom is -0.329 e. The number of hydrogen-bond donors (Lipinski definition) is 1. The van der Waals surface area contributed by atoms with E-state index in [0.29, 0.717) is 27.8 Å².